The standard InChI is InChI=1S/C17H19ClN4/c18-16-5-1-3-14(10-16)12-22-8-2-4-15-9-13(11-20-21-19)6-7-17(15)22/h1,3,5-7,9-10H,2,4,8,11-12H2,(H2,19,20). The summed E-state index contributed by atoms with van der Waals surface area (Å²) in [6.07, 6.45) is 2.27. The normalized spacial score (nSPS) is 14.3. The second-order valence-corrected chi connectivity index (χ2v) is 5.97. The third-order valence-corrected chi connectivity index (χ3v) is 4.19. The summed E-state index contributed by atoms with van der Waals surface area (Å²) in [6, 6.07) is 14.6. The summed E-state index contributed by atoms with van der Waals surface area (Å²) in [4.78, 5) is 2.42. The van der Waals surface area contributed by atoms with Gasteiger partial charge in [0, 0.05) is 23.8 Å². The number of fused-ring (bicyclic) bond motifs is 1. The molecule has 1 aliphatic heterocycles. The van der Waals surface area contributed by atoms with Gasteiger partial charge in [0.15, 0.2) is 0 Å². The van der Waals surface area contributed by atoms with Gasteiger partial charge in [-0.3, -0.25) is 0 Å². The zero-order valence-electron chi connectivity index (χ0n) is 12.4. The summed E-state index contributed by atoms with van der Waals surface area (Å²) >= 11 is 6.08. The first-order valence-corrected chi connectivity index (χ1v) is 7.82. The first-order valence-electron chi connectivity index (χ1n) is 7.44. The summed E-state index contributed by atoms with van der Waals surface area (Å²) in [7, 11) is 0. The molecule has 0 bridgehead atoms. The molecule has 0 spiro atoms. The number of hydrogen-bond donors (Lipinski definition) is 1. The Morgan fingerprint density at radius 1 is 1.14 bits per heavy atom. The highest BCUT2D eigenvalue weighted by molar-refractivity contribution is 6.30. The van der Waals surface area contributed by atoms with E-state index in [0.717, 1.165) is 36.5 Å². The predicted molar refractivity (Wildman–Crippen MR) is 90.0 cm³/mol. The molecule has 1 heterocycles. The van der Waals surface area contributed by atoms with Gasteiger partial charge >= 0.3 is 0 Å². The Hall–Kier alpha value is -2.07. The fraction of sp³-hybridized carbons (Fsp3) is 0.294. The van der Waals surface area contributed by atoms with Crippen LogP contribution in [0.1, 0.15) is 23.1 Å². The van der Waals surface area contributed by atoms with Crippen molar-refractivity contribution in [1.82, 2.24) is 0 Å². The van der Waals surface area contributed by atoms with Gasteiger partial charge in [-0.15, -0.1) is 0 Å². The maximum absolute atomic E-state index is 6.08. The molecule has 1 aliphatic rings. The highest BCUT2D eigenvalue weighted by Crippen LogP contribution is 2.30. The van der Waals surface area contributed by atoms with Crippen LogP contribution in [0.3, 0.4) is 0 Å². The summed E-state index contributed by atoms with van der Waals surface area (Å²) in [5.41, 5.74) is 5.07. The van der Waals surface area contributed by atoms with Crippen LogP contribution >= 0.6 is 11.6 Å². The van der Waals surface area contributed by atoms with Crippen LogP contribution in [0.15, 0.2) is 52.8 Å². The van der Waals surface area contributed by atoms with Crippen molar-refractivity contribution in [2.45, 2.75) is 25.9 Å². The molecule has 0 saturated carbocycles. The van der Waals surface area contributed by atoms with Gasteiger partial charge < -0.3 is 10.7 Å². The van der Waals surface area contributed by atoms with Gasteiger partial charge in [0.1, 0.15) is 0 Å². The van der Waals surface area contributed by atoms with Crippen LogP contribution in [0.4, 0.5) is 5.69 Å². The average molecular weight is 315 g/mol. The van der Waals surface area contributed by atoms with Crippen LogP contribution < -0.4 is 10.7 Å². The molecule has 0 amide bonds. The Bertz CT molecular complexity index is 684. The second-order valence-electron chi connectivity index (χ2n) is 5.53. The molecule has 114 valence electrons. The lowest BCUT2D eigenvalue weighted by atomic mass is 9.98. The quantitative estimate of drug-likeness (QED) is 0.524. The van der Waals surface area contributed by atoms with E-state index in [0.29, 0.717) is 6.54 Å². The number of rotatable bonds is 4. The van der Waals surface area contributed by atoms with Crippen molar-refractivity contribution < 1.29 is 0 Å². The molecule has 0 unspecified atom stereocenters. The van der Waals surface area contributed by atoms with Crippen LogP contribution in [-0.4, -0.2) is 6.54 Å². The Morgan fingerprint density at radius 2 is 2.05 bits per heavy atom. The molecule has 0 saturated heterocycles. The summed E-state index contributed by atoms with van der Waals surface area (Å²) < 4.78 is 0. The van der Waals surface area contributed by atoms with E-state index in [1.54, 1.807) is 0 Å². The van der Waals surface area contributed by atoms with Gasteiger partial charge in [-0.25, -0.2) is 0 Å². The van der Waals surface area contributed by atoms with Gasteiger partial charge in [0.2, 0.25) is 0 Å². The first kappa shape index (κ1) is 14.9. The number of anilines is 1. The zero-order chi connectivity index (χ0) is 15.4. The smallest absolute Gasteiger partial charge is 0.0870 e. The minimum Gasteiger partial charge on any atom is -0.367 e. The van der Waals surface area contributed by atoms with Crippen molar-refractivity contribution in [2.75, 3.05) is 11.4 Å². The number of aryl methyl sites for hydroxylation is 1. The Labute approximate surface area is 135 Å². The maximum Gasteiger partial charge on any atom is 0.0870 e. The van der Waals surface area contributed by atoms with E-state index in [9.17, 15) is 0 Å². The molecule has 22 heavy (non-hydrogen) atoms. The molecular formula is C17H19ClN4. The third-order valence-electron chi connectivity index (χ3n) is 3.96. The highest BCUT2D eigenvalue weighted by Gasteiger charge is 2.17. The van der Waals surface area contributed by atoms with Crippen molar-refractivity contribution >= 4 is 17.3 Å². The topological polar surface area (TPSA) is 54.0 Å². The van der Waals surface area contributed by atoms with Crippen LogP contribution in [0, 0.1) is 0 Å². The number of halogens is 1. The summed E-state index contributed by atoms with van der Waals surface area (Å²) in [5.74, 6) is 5.07. The number of hydrogen-bond acceptors (Lipinski definition) is 3. The number of benzene rings is 2. The van der Waals surface area contributed by atoms with Crippen molar-refractivity contribution in [3.8, 4) is 0 Å². The number of nitrogens with zero attached hydrogens (tertiary/aromatic N) is 3. The maximum atomic E-state index is 6.08. The van der Waals surface area contributed by atoms with Crippen molar-refractivity contribution in [3.05, 3.63) is 64.2 Å². The zero-order valence-corrected chi connectivity index (χ0v) is 13.1. The van der Waals surface area contributed by atoms with Gasteiger partial charge in [0.25, 0.3) is 0 Å². The van der Waals surface area contributed by atoms with Crippen LogP contribution in [-0.2, 0) is 19.5 Å². The molecule has 0 aliphatic carbocycles. The third kappa shape index (κ3) is 3.39. The van der Waals surface area contributed by atoms with E-state index >= 15 is 0 Å². The predicted octanol–water partition coefficient (Wildman–Crippen LogP) is 4.12. The lowest BCUT2D eigenvalue weighted by Gasteiger charge is -2.31. The number of nitrogens with two attached hydrogens (primary N) is 1. The molecule has 0 fully saturated rings. The fourth-order valence-corrected chi connectivity index (χ4v) is 3.18. The van der Waals surface area contributed by atoms with E-state index < -0.39 is 0 Å². The highest BCUT2D eigenvalue weighted by atomic mass is 35.5. The minimum absolute atomic E-state index is 0.540. The van der Waals surface area contributed by atoms with Crippen LogP contribution in [0.5, 0.6) is 0 Å². The van der Waals surface area contributed by atoms with E-state index in [4.69, 9.17) is 17.4 Å². The minimum atomic E-state index is 0.540. The molecule has 2 N–H and O–H groups in total. The molecule has 4 nitrogen and oxygen atoms in total. The fourth-order valence-electron chi connectivity index (χ4n) is 2.97. The molecule has 2 aromatic carbocycles. The van der Waals surface area contributed by atoms with Crippen molar-refractivity contribution in [2.24, 2.45) is 16.2 Å². The van der Waals surface area contributed by atoms with Crippen LogP contribution in [0.25, 0.3) is 0 Å². The van der Waals surface area contributed by atoms with Gasteiger partial charge in [0.05, 0.1) is 6.54 Å². The van der Waals surface area contributed by atoms with E-state index in [1.807, 2.05) is 18.2 Å². The summed E-state index contributed by atoms with van der Waals surface area (Å²) in [5, 5.41) is 7.98. The Balaban J connectivity index is 1.82. The lowest BCUT2D eigenvalue weighted by molar-refractivity contribution is 0.690. The SMILES string of the molecule is NN=NCc1ccc2c(c1)CCCN2Cc1cccc(Cl)c1. The van der Waals surface area contributed by atoms with Crippen LogP contribution in [0.2, 0.25) is 5.02 Å². The molecule has 0 atom stereocenters. The first-order chi connectivity index (χ1) is 10.8. The van der Waals surface area contributed by atoms with Crippen molar-refractivity contribution in [1.29, 1.82) is 0 Å². The summed E-state index contributed by atoms with van der Waals surface area (Å²) in [6.45, 7) is 2.49. The second kappa shape index (κ2) is 6.79. The van der Waals surface area contributed by atoms with Gasteiger partial charge in [-0.05, 0) is 47.7 Å². The van der Waals surface area contributed by atoms with Gasteiger partial charge in [-0.1, -0.05) is 41.1 Å². The molecule has 0 radical (unpaired) electrons. The average Bonchev–Trinajstić information content (AvgIpc) is 2.53. The van der Waals surface area contributed by atoms with E-state index in [2.05, 4.69) is 39.5 Å². The molecule has 3 rings (SSSR count). The lowest BCUT2D eigenvalue weighted by Crippen LogP contribution is -2.28. The monoisotopic (exact) mass is 314 g/mol. The largest absolute Gasteiger partial charge is 0.367 e. The molecular weight excluding hydrogens is 296 g/mol. The molecule has 0 aromatic heterocycles. The van der Waals surface area contributed by atoms with Gasteiger partial charge in [-0.2, -0.15) is 5.11 Å². The molecule has 2 aromatic rings. The van der Waals surface area contributed by atoms with E-state index in [1.165, 1.54) is 16.8 Å². The van der Waals surface area contributed by atoms with E-state index in [-0.39, 0.29) is 0 Å². The molecule has 5 heteroatoms. The Morgan fingerprint density at radius 3 is 2.86 bits per heavy atom. The van der Waals surface area contributed by atoms with Crippen molar-refractivity contribution in [3.63, 3.8) is 0 Å². The Kier molecular flexibility index (Phi) is 4.59.